The molecule has 2 heterocycles. The summed E-state index contributed by atoms with van der Waals surface area (Å²) >= 11 is 0. The molecule has 3 nitrogen and oxygen atoms in total. The molecule has 1 aliphatic heterocycles. The molecular weight excluding hydrogens is 219 g/mol. The molecule has 0 aromatic carbocycles. The molecule has 0 N–H and O–H groups in total. The Balaban J connectivity index is 2.34. The maximum Gasteiger partial charge on any atom is 0.451 e. The van der Waals surface area contributed by atoms with Crippen LogP contribution in [0, 0.1) is 5.92 Å². The zero-order valence-electron chi connectivity index (χ0n) is 8.84. The maximum atomic E-state index is 12.3. The second-order valence-electron chi connectivity index (χ2n) is 3.96. The number of rotatable bonds is 1. The van der Waals surface area contributed by atoms with Crippen LogP contribution in [0.15, 0.2) is 11.2 Å². The number of nitrogens with zero attached hydrogens (tertiary/aromatic N) is 3. The minimum absolute atomic E-state index is 0.212. The van der Waals surface area contributed by atoms with Crippen molar-refractivity contribution >= 4 is 11.4 Å². The first kappa shape index (κ1) is 11.0. The smallest absolute Gasteiger partial charge is 0.254 e. The molecule has 0 radical (unpaired) electrons. The molecule has 86 valence electrons. The molecule has 0 amide bonds. The summed E-state index contributed by atoms with van der Waals surface area (Å²) in [7, 11) is 0. The predicted molar refractivity (Wildman–Crippen MR) is 52.7 cm³/mol. The maximum absolute atomic E-state index is 12.3. The van der Waals surface area contributed by atoms with Crippen LogP contribution in [0.2, 0.25) is 0 Å². The van der Waals surface area contributed by atoms with E-state index in [9.17, 15) is 13.2 Å². The van der Waals surface area contributed by atoms with Gasteiger partial charge in [0.1, 0.15) is 5.69 Å². The number of fused-ring (bicyclic) bond motifs is 1. The lowest BCUT2D eigenvalue weighted by atomic mass is 10.1. The van der Waals surface area contributed by atoms with Crippen molar-refractivity contribution in [2.75, 3.05) is 0 Å². The van der Waals surface area contributed by atoms with Gasteiger partial charge in [0.05, 0.1) is 11.9 Å². The number of alkyl halides is 3. The number of halogens is 3. The van der Waals surface area contributed by atoms with Crippen molar-refractivity contribution in [2.24, 2.45) is 10.9 Å². The standard InChI is InChI=1S/C10H10F3N3/c1-5(2)6-3-7-8(15-6)4-14-9(16-7)10(11,12)13/h4-5H,3H2,1-2H3. The summed E-state index contributed by atoms with van der Waals surface area (Å²) in [6, 6.07) is 0. The molecule has 0 saturated carbocycles. The van der Waals surface area contributed by atoms with Gasteiger partial charge >= 0.3 is 6.18 Å². The highest BCUT2D eigenvalue weighted by Gasteiger charge is 2.35. The second-order valence-corrected chi connectivity index (χ2v) is 3.96. The summed E-state index contributed by atoms with van der Waals surface area (Å²) in [5.74, 6) is -0.880. The molecule has 0 atom stereocenters. The molecule has 0 saturated heterocycles. The number of aliphatic imine (C=N–C) groups is 1. The zero-order valence-corrected chi connectivity index (χ0v) is 8.84. The molecule has 2 rings (SSSR count). The van der Waals surface area contributed by atoms with Crippen LogP contribution in [0.4, 0.5) is 18.9 Å². The third-order valence-corrected chi connectivity index (χ3v) is 2.38. The monoisotopic (exact) mass is 229 g/mol. The lowest BCUT2D eigenvalue weighted by Gasteiger charge is -2.05. The van der Waals surface area contributed by atoms with Gasteiger partial charge in [0.15, 0.2) is 0 Å². The number of hydrogen-bond donors (Lipinski definition) is 0. The summed E-state index contributed by atoms with van der Waals surface area (Å²) < 4.78 is 37.0. The van der Waals surface area contributed by atoms with Crippen molar-refractivity contribution in [1.82, 2.24) is 9.97 Å². The molecule has 1 aromatic heterocycles. The van der Waals surface area contributed by atoms with E-state index >= 15 is 0 Å². The van der Waals surface area contributed by atoms with Crippen molar-refractivity contribution in [2.45, 2.75) is 26.4 Å². The Morgan fingerprint density at radius 1 is 1.31 bits per heavy atom. The van der Waals surface area contributed by atoms with E-state index in [4.69, 9.17) is 0 Å². The van der Waals surface area contributed by atoms with Crippen LogP contribution >= 0.6 is 0 Å². The van der Waals surface area contributed by atoms with Gasteiger partial charge in [0, 0.05) is 12.1 Å². The highest BCUT2D eigenvalue weighted by Crippen LogP contribution is 2.31. The summed E-state index contributed by atoms with van der Waals surface area (Å²) in [6.07, 6.45) is -2.96. The van der Waals surface area contributed by atoms with Crippen LogP contribution in [-0.2, 0) is 12.6 Å². The molecule has 0 unspecified atom stereocenters. The van der Waals surface area contributed by atoms with Gasteiger partial charge < -0.3 is 0 Å². The van der Waals surface area contributed by atoms with E-state index < -0.39 is 12.0 Å². The Hall–Kier alpha value is -1.46. The molecule has 6 heteroatoms. The van der Waals surface area contributed by atoms with E-state index in [0.717, 1.165) is 11.9 Å². The third-order valence-electron chi connectivity index (χ3n) is 2.38. The Labute approximate surface area is 90.4 Å². The summed E-state index contributed by atoms with van der Waals surface area (Å²) in [6.45, 7) is 3.89. The van der Waals surface area contributed by atoms with Gasteiger partial charge in [-0.2, -0.15) is 13.2 Å². The molecule has 1 aliphatic rings. The highest BCUT2D eigenvalue weighted by molar-refractivity contribution is 5.94. The molecule has 0 aliphatic carbocycles. The first-order chi connectivity index (χ1) is 7.38. The first-order valence-corrected chi connectivity index (χ1v) is 4.88. The quantitative estimate of drug-likeness (QED) is 0.742. The second kappa shape index (κ2) is 3.54. The zero-order chi connectivity index (χ0) is 11.9. The van der Waals surface area contributed by atoms with Crippen LogP contribution in [-0.4, -0.2) is 15.7 Å². The van der Waals surface area contributed by atoms with E-state index in [0.29, 0.717) is 17.8 Å². The van der Waals surface area contributed by atoms with Crippen LogP contribution in [0.25, 0.3) is 0 Å². The Bertz CT molecular complexity index is 449. The Kier molecular flexibility index (Phi) is 2.44. The largest absolute Gasteiger partial charge is 0.451 e. The van der Waals surface area contributed by atoms with E-state index in [-0.39, 0.29) is 5.92 Å². The van der Waals surface area contributed by atoms with Crippen LogP contribution in [0.1, 0.15) is 25.4 Å². The number of aromatic nitrogens is 2. The molecule has 0 fully saturated rings. The number of hydrogen-bond acceptors (Lipinski definition) is 3. The Morgan fingerprint density at radius 2 is 2.00 bits per heavy atom. The fourth-order valence-corrected chi connectivity index (χ4v) is 1.47. The average Bonchev–Trinajstić information content (AvgIpc) is 2.58. The molecule has 1 aromatic rings. The van der Waals surface area contributed by atoms with Gasteiger partial charge in [0.25, 0.3) is 0 Å². The van der Waals surface area contributed by atoms with Crippen LogP contribution in [0.5, 0.6) is 0 Å². The SMILES string of the molecule is CC(C)C1=Nc2cnc(C(F)(F)F)nc2C1. The van der Waals surface area contributed by atoms with Gasteiger partial charge in [-0.05, 0) is 5.92 Å². The first-order valence-electron chi connectivity index (χ1n) is 4.88. The molecule has 16 heavy (non-hydrogen) atoms. The van der Waals surface area contributed by atoms with Gasteiger partial charge in [0.2, 0.25) is 5.82 Å². The van der Waals surface area contributed by atoms with E-state index in [1.165, 1.54) is 0 Å². The fourth-order valence-electron chi connectivity index (χ4n) is 1.47. The van der Waals surface area contributed by atoms with Crippen molar-refractivity contribution in [3.05, 3.63) is 17.7 Å². The topological polar surface area (TPSA) is 38.1 Å². The summed E-state index contributed by atoms with van der Waals surface area (Å²) in [4.78, 5) is 11.0. The van der Waals surface area contributed by atoms with Crippen molar-refractivity contribution < 1.29 is 13.2 Å². The van der Waals surface area contributed by atoms with Crippen LogP contribution < -0.4 is 0 Å². The van der Waals surface area contributed by atoms with Crippen molar-refractivity contribution in [3.63, 3.8) is 0 Å². The van der Waals surface area contributed by atoms with E-state index in [1.807, 2.05) is 13.8 Å². The minimum Gasteiger partial charge on any atom is -0.254 e. The highest BCUT2D eigenvalue weighted by atomic mass is 19.4. The fraction of sp³-hybridized carbons (Fsp3) is 0.500. The predicted octanol–water partition coefficient (Wildman–Crippen LogP) is 2.78. The molecular formula is C10H10F3N3. The van der Waals surface area contributed by atoms with Gasteiger partial charge in [-0.15, -0.1) is 0 Å². The molecule has 0 spiro atoms. The summed E-state index contributed by atoms with van der Waals surface area (Å²) in [5, 5.41) is 0. The van der Waals surface area contributed by atoms with Crippen molar-refractivity contribution in [1.29, 1.82) is 0 Å². The minimum atomic E-state index is -4.49. The lowest BCUT2D eigenvalue weighted by Crippen LogP contribution is -2.13. The lowest BCUT2D eigenvalue weighted by molar-refractivity contribution is -0.145. The normalized spacial score (nSPS) is 15.2. The summed E-state index contributed by atoms with van der Waals surface area (Å²) in [5.41, 5.74) is 1.67. The van der Waals surface area contributed by atoms with Gasteiger partial charge in [-0.3, -0.25) is 4.99 Å². The van der Waals surface area contributed by atoms with Crippen molar-refractivity contribution in [3.8, 4) is 0 Å². The molecule has 0 bridgehead atoms. The van der Waals surface area contributed by atoms with E-state index in [2.05, 4.69) is 15.0 Å². The van der Waals surface area contributed by atoms with Crippen LogP contribution in [0.3, 0.4) is 0 Å². The Morgan fingerprint density at radius 3 is 2.56 bits per heavy atom. The van der Waals surface area contributed by atoms with Gasteiger partial charge in [-0.1, -0.05) is 13.8 Å². The average molecular weight is 229 g/mol. The van der Waals surface area contributed by atoms with E-state index in [1.54, 1.807) is 0 Å². The van der Waals surface area contributed by atoms with Gasteiger partial charge in [-0.25, -0.2) is 9.97 Å². The third kappa shape index (κ3) is 1.91.